The van der Waals surface area contributed by atoms with Crippen LogP contribution in [-0.4, -0.2) is 40.9 Å². The average molecular weight is 313 g/mol. The van der Waals surface area contributed by atoms with E-state index in [2.05, 4.69) is 10.6 Å². The van der Waals surface area contributed by atoms with Crippen LogP contribution in [0.15, 0.2) is 59.4 Å². The molecule has 0 bridgehead atoms. The number of aliphatic carboxylic acids is 1. The molecule has 5 N–H and O–H groups in total. The Balaban J connectivity index is 1.89. The van der Waals surface area contributed by atoms with Crippen molar-refractivity contribution in [3.05, 3.63) is 59.4 Å². The number of dihydropyridines is 1. The number of carboxylic acids is 1. The zero-order valence-electron chi connectivity index (χ0n) is 12.0. The van der Waals surface area contributed by atoms with Gasteiger partial charge in [0.05, 0.1) is 6.04 Å². The van der Waals surface area contributed by atoms with E-state index in [1.807, 2.05) is 30.4 Å². The number of fused-ring (bicyclic) bond motifs is 1. The number of carbonyl (C=O) groups is 3. The summed E-state index contributed by atoms with van der Waals surface area (Å²) in [6.45, 7) is 0. The molecule has 0 fully saturated rings. The summed E-state index contributed by atoms with van der Waals surface area (Å²) in [6, 6.07) is -2.66. The SMILES string of the molecule is N[C@H](C(=O)O)C(=O)NC1C(=O)C=CC2=C1C=C1C=CC=CC1N2. The van der Waals surface area contributed by atoms with Crippen LogP contribution in [0.2, 0.25) is 0 Å². The molecule has 2 unspecified atom stereocenters. The Labute approximate surface area is 131 Å². The van der Waals surface area contributed by atoms with Gasteiger partial charge in [-0.2, -0.15) is 0 Å². The summed E-state index contributed by atoms with van der Waals surface area (Å²) in [6.07, 6.45) is 12.5. The fourth-order valence-corrected chi connectivity index (χ4v) is 2.63. The van der Waals surface area contributed by atoms with Gasteiger partial charge in [-0.25, -0.2) is 4.79 Å². The van der Waals surface area contributed by atoms with Crippen molar-refractivity contribution >= 4 is 17.7 Å². The maximum atomic E-state index is 12.1. The maximum Gasteiger partial charge on any atom is 0.330 e. The summed E-state index contributed by atoms with van der Waals surface area (Å²) in [4.78, 5) is 34.8. The van der Waals surface area contributed by atoms with Gasteiger partial charge in [0.15, 0.2) is 11.8 Å². The van der Waals surface area contributed by atoms with Crippen molar-refractivity contribution < 1.29 is 19.5 Å². The van der Waals surface area contributed by atoms with Gasteiger partial charge in [0.25, 0.3) is 0 Å². The zero-order valence-corrected chi connectivity index (χ0v) is 12.0. The molecule has 7 heteroatoms. The van der Waals surface area contributed by atoms with E-state index in [9.17, 15) is 14.4 Å². The Bertz CT molecular complexity index is 742. The summed E-state index contributed by atoms with van der Waals surface area (Å²) in [5, 5.41) is 14.5. The minimum Gasteiger partial charge on any atom is -0.480 e. The zero-order chi connectivity index (χ0) is 16.6. The highest BCUT2D eigenvalue weighted by atomic mass is 16.4. The number of carbonyl (C=O) groups excluding carboxylic acids is 2. The summed E-state index contributed by atoms with van der Waals surface area (Å²) in [7, 11) is 0. The molecule has 118 valence electrons. The smallest absolute Gasteiger partial charge is 0.330 e. The summed E-state index contributed by atoms with van der Waals surface area (Å²) >= 11 is 0. The highest BCUT2D eigenvalue weighted by Gasteiger charge is 2.33. The van der Waals surface area contributed by atoms with Crippen LogP contribution < -0.4 is 16.4 Å². The van der Waals surface area contributed by atoms with Crippen LogP contribution in [0.25, 0.3) is 0 Å². The Morgan fingerprint density at radius 1 is 1.26 bits per heavy atom. The van der Waals surface area contributed by atoms with Gasteiger partial charge in [0, 0.05) is 11.3 Å². The molecule has 0 aromatic heterocycles. The quantitative estimate of drug-likeness (QED) is 0.511. The van der Waals surface area contributed by atoms with Gasteiger partial charge in [0.1, 0.15) is 6.04 Å². The summed E-state index contributed by atoms with van der Waals surface area (Å²) < 4.78 is 0. The number of allylic oxidation sites excluding steroid dienone is 3. The molecule has 1 heterocycles. The lowest BCUT2D eigenvalue weighted by Gasteiger charge is -2.32. The highest BCUT2D eigenvalue weighted by molar-refractivity contribution is 6.06. The largest absolute Gasteiger partial charge is 0.480 e. The van der Waals surface area contributed by atoms with Crippen LogP contribution in [0.5, 0.6) is 0 Å². The first-order valence-corrected chi connectivity index (χ1v) is 7.05. The molecule has 3 rings (SSSR count). The lowest BCUT2D eigenvalue weighted by molar-refractivity contribution is -0.143. The first-order chi connectivity index (χ1) is 11.0. The van der Waals surface area contributed by atoms with Gasteiger partial charge in [-0.15, -0.1) is 0 Å². The Hall–Kier alpha value is -2.93. The van der Waals surface area contributed by atoms with Crippen LogP contribution in [0, 0.1) is 0 Å². The van der Waals surface area contributed by atoms with Crippen LogP contribution in [0.1, 0.15) is 0 Å². The lowest BCUT2D eigenvalue weighted by atomic mass is 9.87. The van der Waals surface area contributed by atoms with Crippen molar-refractivity contribution in [2.45, 2.75) is 18.1 Å². The first-order valence-electron chi connectivity index (χ1n) is 7.05. The van der Waals surface area contributed by atoms with E-state index in [1.165, 1.54) is 6.08 Å². The van der Waals surface area contributed by atoms with Gasteiger partial charge in [0.2, 0.25) is 5.91 Å². The van der Waals surface area contributed by atoms with E-state index >= 15 is 0 Å². The van der Waals surface area contributed by atoms with Gasteiger partial charge < -0.3 is 21.5 Å². The molecule has 23 heavy (non-hydrogen) atoms. The molecule has 0 radical (unpaired) electrons. The van der Waals surface area contributed by atoms with E-state index < -0.39 is 24.0 Å². The molecule has 0 spiro atoms. The first kappa shape index (κ1) is 15.0. The van der Waals surface area contributed by atoms with Crippen LogP contribution in [-0.2, 0) is 14.4 Å². The molecule has 2 aliphatic carbocycles. The van der Waals surface area contributed by atoms with Crippen molar-refractivity contribution in [3.63, 3.8) is 0 Å². The van der Waals surface area contributed by atoms with Crippen LogP contribution in [0.4, 0.5) is 0 Å². The van der Waals surface area contributed by atoms with E-state index in [4.69, 9.17) is 10.8 Å². The second-order valence-electron chi connectivity index (χ2n) is 5.37. The Morgan fingerprint density at radius 2 is 2.04 bits per heavy atom. The minimum atomic E-state index is -1.72. The minimum absolute atomic E-state index is 0.00855. The van der Waals surface area contributed by atoms with Gasteiger partial charge in [-0.1, -0.05) is 24.3 Å². The monoisotopic (exact) mass is 313 g/mol. The van der Waals surface area contributed by atoms with Crippen molar-refractivity contribution in [2.24, 2.45) is 5.73 Å². The van der Waals surface area contributed by atoms with Gasteiger partial charge >= 0.3 is 5.97 Å². The predicted molar refractivity (Wildman–Crippen MR) is 82.0 cm³/mol. The fourth-order valence-electron chi connectivity index (χ4n) is 2.63. The van der Waals surface area contributed by atoms with E-state index in [0.29, 0.717) is 11.3 Å². The fraction of sp³-hybridized carbons (Fsp3) is 0.188. The third-order valence-corrected chi connectivity index (χ3v) is 3.85. The van der Waals surface area contributed by atoms with Crippen molar-refractivity contribution in [2.75, 3.05) is 0 Å². The normalized spacial score (nSPS) is 26.0. The molecule has 0 saturated carbocycles. The van der Waals surface area contributed by atoms with Crippen molar-refractivity contribution in [1.82, 2.24) is 10.6 Å². The Kier molecular flexibility index (Phi) is 3.71. The summed E-state index contributed by atoms with van der Waals surface area (Å²) in [5.74, 6) is -2.68. The second kappa shape index (κ2) is 5.69. The molecule has 3 atom stereocenters. The number of carboxylic acid groups (broad SMARTS) is 1. The van der Waals surface area contributed by atoms with Crippen LogP contribution >= 0.6 is 0 Å². The van der Waals surface area contributed by atoms with Gasteiger partial charge in [-0.3, -0.25) is 9.59 Å². The average Bonchev–Trinajstić information content (AvgIpc) is 2.55. The predicted octanol–water partition coefficient (Wildman–Crippen LogP) is -0.700. The molecule has 1 amide bonds. The maximum absolute atomic E-state index is 12.1. The molecule has 7 nitrogen and oxygen atoms in total. The van der Waals surface area contributed by atoms with E-state index in [0.717, 1.165) is 5.57 Å². The number of hydrogen-bond donors (Lipinski definition) is 4. The van der Waals surface area contributed by atoms with Crippen molar-refractivity contribution in [3.8, 4) is 0 Å². The number of nitrogens with one attached hydrogen (secondary N) is 2. The lowest BCUT2D eigenvalue weighted by Crippen LogP contribution is -2.53. The highest BCUT2D eigenvalue weighted by Crippen LogP contribution is 2.27. The molecule has 0 aromatic carbocycles. The topological polar surface area (TPSA) is 122 Å². The van der Waals surface area contributed by atoms with E-state index in [1.54, 1.807) is 6.08 Å². The number of hydrogen-bond acceptors (Lipinski definition) is 5. The second-order valence-corrected chi connectivity index (χ2v) is 5.37. The molecule has 0 aromatic rings. The number of amides is 1. The molecule has 0 saturated heterocycles. The third kappa shape index (κ3) is 2.74. The Morgan fingerprint density at radius 3 is 2.78 bits per heavy atom. The number of ketones is 1. The van der Waals surface area contributed by atoms with Crippen LogP contribution in [0.3, 0.4) is 0 Å². The molecule has 3 aliphatic rings. The van der Waals surface area contributed by atoms with E-state index in [-0.39, 0.29) is 11.8 Å². The van der Waals surface area contributed by atoms with Crippen molar-refractivity contribution in [1.29, 1.82) is 0 Å². The number of nitrogens with two attached hydrogens (primary N) is 1. The van der Waals surface area contributed by atoms with Gasteiger partial charge in [-0.05, 0) is 23.8 Å². The molecular weight excluding hydrogens is 298 g/mol. The number of rotatable bonds is 3. The molecular formula is C16H15N3O4. The summed E-state index contributed by atoms with van der Waals surface area (Å²) in [5.41, 5.74) is 7.55. The third-order valence-electron chi connectivity index (χ3n) is 3.85. The standard InChI is InChI=1S/C16H15N3O4/c17-13(16(22)23)15(21)19-14-9-7-8-3-1-2-4-10(8)18-11(9)5-6-12(14)20/h1-7,10,13-14,18H,17H2,(H,19,21)(H,22,23)/t10?,13-,14?/m0/s1. The molecule has 1 aliphatic heterocycles.